The van der Waals surface area contributed by atoms with Gasteiger partial charge in [-0.3, -0.25) is 9.69 Å². The summed E-state index contributed by atoms with van der Waals surface area (Å²) < 4.78 is 13.0. The Hall–Kier alpha value is -2.38. The summed E-state index contributed by atoms with van der Waals surface area (Å²) in [6.07, 6.45) is 4.40. The number of methoxy groups -OCH3 is 1. The number of hydrogen-bond acceptors (Lipinski definition) is 5. The molecule has 7 heteroatoms. The Morgan fingerprint density at radius 2 is 1.80 bits per heavy atom. The second-order valence-corrected chi connectivity index (χ2v) is 8.54. The van der Waals surface area contributed by atoms with Crippen LogP contribution >= 0.6 is 0 Å². The number of morpholine rings is 1. The Labute approximate surface area is 178 Å². The highest BCUT2D eigenvalue weighted by atomic mass is 16.5. The maximum Gasteiger partial charge on any atom is 0.278 e. The van der Waals surface area contributed by atoms with Crippen LogP contribution in [-0.2, 0) is 4.74 Å². The Bertz CT molecular complexity index is 835. The molecule has 1 aromatic heterocycles. The molecule has 0 saturated carbocycles. The van der Waals surface area contributed by atoms with Gasteiger partial charge in [-0.05, 0) is 44.7 Å². The van der Waals surface area contributed by atoms with Gasteiger partial charge in [0.05, 0.1) is 31.2 Å². The first-order valence-electron chi connectivity index (χ1n) is 10.9. The molecule has 2 aliphatic heterocycles. The zero-order chi connectivity index (χ0) is 21.1. The van der Waals surface area contributed by atoms with Crippen LogP contribution in [0.5, 0.6) is 5.75 Å². The lowest BCUT2D eigenvalue weighted by molar-refractivity contribution is -0.0728. The third kappa shape index (κ3) is 4.68. The first-order chi connectivity index (χ1) is 14.5. The summed E-state index contributed by atoms with van der Waals surface area (Å²) >= 11 is 0. The summed E-state index contributed by atoms with van der Waals surface area (Å²) in [6.45, 7) is 8.90. The Morgan fingerprint density at radius 3 is 2.43 bits per heavy atom. The highest BCUT2D eigenvalue weighted by Crippen LogP contribution is 2.25. The summed E-state index contributed by atoms with van der Waals surface area (Å²) in [6, 6.07) is 9.77. The molecule has 0 N–H and O–H groups in total. The summed E-state index contributed by atoms with van der Waals surface area (Å²) in [5, 5.41) is 4.53. The van der Waals surface area contributed by atoms with Gasteiger partial charge in [0.2, 0.25) is 0 Å². The Kier molecular flexibility index (Phi) is 6.39. The molecule has 0 bridgehead atoms. The molecule has 30 heavy (non-hydrogen) atoms. The minimum atomic E-state index is -0.0476. The monoisotopic (exact) mass is 412 g/mol. The van der Waals surface area contributed by atoms with Gasteiger partial charge in [0.1, 0.15) is 0 Å². The number of para-hydroxylation sites is 1. The molecule has 2 atom stereocenters. The highest BCUT2D eigenvalue weighted by molar-refractivity contribution is 5.95. The van der Waals surface area contributed by atoms with Crippen LogP contribution in [0.25, 0.3) is 5.69 Å². The fraction of sp³-hybridized carbons (Fsp3) is 0.565. The largest absolute Gasteiger partial charge is 0.493 e. The number of carbonyl (C=O) groups excluding carboxylic acids is 1. The van der Waals surface area contributed by atoms with E-state index < -0.39 is 0 Å². The van der Waals surface area contributed by atoms with Crippen molar-refractivity contribution in [3.63, 3.8) is 0 Å². The quantitative estimate of drug-likeness (QED) is 0.756. The molecule has 3 heterocycles. The molecule has 2 aliphatic rings. The van der Waals surface area contributed by atoms with E-state index in [9.17, 15) is 4.79 Å². The SMILES string of the molecule is COc1cn(-c2ccccc2)nc1C(=O)N1CCC(CN2CC(C)OC(C)C2)CC1. The van der Waals surface area contributed by atoms with Crippen LogP contribution in [0.1, 0.15) is 37.2 Å². The lowest BCUT2D eigenvalue weighted by Crippen LogP contribution is -2.48. The van der Waals surface area contributed by atoms with Crippen molar-refractivity contribution < 1.29 is 14.3 Å². The summed E-state index contributed by atoms with van der Waals surface area (Å²) in [5.74, 6) is 1.09. The third-order valence-corrected chi connectivity index (χ3v) is 6.04. The van der Waals surface area contributed by atoms with E-state index in [1.54, 1.807) is 18.0 Å². The molecule has 1 aromatic carbocycles. The van der Waals surface area contributed by atoms with Crippen LogP contribution in [0.4, 0.5) is 0 Å². The van der Waals surface area contributed by atoms with Crippen LogP contribution in [0.2, 0.25) is 0 Å². The number of hydrogen-bond donors (Lipinski definition) is 0. The molecule has 0 radical (unpaired) electrons. The number of aromatic nitrogens is 2. The second-order valence-electron chi connectivity index (χ2n) is 8.54. The average Bonchev–Trinajstić information content (AvgIpc) is 3.18. The zero-order valence-corrected chi connectivity index (χ0v) is 18.2. The standard InChI is InChI=1S/C23H32N4O3/c1-17-13-25(14-18(2)30-17)15-19-9-11-26(12-10-19)23(28)22-21(29-3)16-27(24-22)20-7-5-4-6-8-20/h4-8,16-19H,9-15H2,1-3H3. The van der Waals surface area contributed by atoms with Crippen LogP contribution in [0, 0.1) is 5.92 Å². The summed E-state index contributed by atoms with van der Waals surface area (Å²) in [5.41, 5.74) is 1.29. The maximum atomic E-state index is 13.1. The lowest BCUT2D eigenvalue weighted by atomic mass is 9.95. The number of nitrogens with zero attached hydrogens (tertiary/aromatic N) is 4. The van der Waals surface area contributed by atoms with Crippen molar-refractivity contribution in [2.45, 2.75) is 38.9 Å². The van der Waals surface area contributed by atoms with Gasteiger partial charge in [-0.25, -0.2) is 4.68 Å². The lowest BCUT2D eigenvalue weighted by Gasteiger charge is -2.39. The van der Waals surface area contributed by atoms with Crippen molar-refractivity contribution >= 4 is 5.91 Å². The molecule has 0 aliphatic carbocycles. The maximum absolute atomic E-state index is 13.1. The molecule has 4 rings (SSSR count). The van der Waals surface area contributed by atoms with Gasteiger partial charge in [-0.1, -0.05) is 18.2 Å². The first kappa shape index (κ1) is 20.9. The van der Waals surface area contributed by atoms with Crippen molar-refractivity contribution in [1.29, 1.82) is 0 Å². The van der Waals surface area contributed by atoms with Gasteiger partial charge >= 0.3 is 0 Å². The van der Waals surface area contributed by atoms with Crippen LogP contribution in [0.15, 0.2) is 36.5 Å². The van der Waals surface area contributed by atoms with Gasteiger partial charge < -0.3 is 14.4 Å². The molecular formula is C23H32N4O3. The smallest absolute Gasteiger partial charge is 0.278 e. The third-order valence-electron chi connectivity index (χ3n) is 6.04. The first-order valence-corrected chi connectivity index (χ1v) is 10.9. The average molecular weight is 413 g/mol. The van der Waals surface area contributed by atoms with Gasteiger partial charge in [0, 0.05) is 32.7 Å². The number of ether oxygens (including phenoxy) is 2. The second kappa shape index (κ2) is 9.18. The number of piperidine rings is 1. The number of benzene rings is 1. The molecular weight excluding hydrogens is 380 g/mol. The molecule has 2 fully saturated rings. The van der Waals surface area contributed by atoms with E-state index in [2.05, 4.69) is 23.8 Å². The zero-order valence-electron chi connectivity index (χ0n) is 18.2. The number of carbonyl (C=O) groups is 1. The fourth-order valence-electron chi connectivity index (χ4n) is 4.64. The Morgan fingerprint density at radius 1 is 1.13 bits per heavy atom. The van der Waals surface area contributed by atoms with E-state index in [1.165, 1.54) is 0 Å². The number of likely N-dealkylation sites (tertiary alicyclic amines) is 1. The van der Waals surface area contributed by atoms with Crippen molar-refractivity contribution in [2.75, 3.05) is 39.8 Å². The summed E-state index contributed by atoms with van der Waals surface area (Å²) in [4.78, 5) is 17.6. The number of amides is 1. The molecule has 2 aromatic rings. The summed E-state index contributed by atoms with van der Waals surface area (Å²) in [7, 11) is 1.58. The van der Waals surface area contributed by atoms with E-state index in [4.69, 9.17) is 9.47 Å². The van der Waals surface area contributed by atoms with Gasteiger partial charge in [0.25, 0.3) is 5.91 Å². The molecule has 0 spiro atoms. The van der Waals surface area contributed by atoms with Crippen LogP contribution < -0.4 is 4.74 Å². The Balaban J connectivity index is 1.37. The van der Waals surface area contributed by atoms with Crippen LogP contribution in [-0.4, -0.2) is 77.5 Å². The van der Waals surface area contributed by atoms with Crippen molar-refractivity contribution in [2.24, 2.45) is 5.92 Å². The van der Waals surface area contributed by atoms with Crippen molar-refractivity contribution in [1.82, 2.24) is 19.6 Å². The van der Waals surface area contributed by atoms with Crippen molar-refractivity contribution in [3.8, 4) is 11.4 Å². The van der Waals surface area contributed by atoms with E-state index in [1.807, 2.05) is 35.2 Å². The molecule has 162 valence electrons. The molecule has 2 saturated heterocycles. The normalized spacial score (nSPS) is 23.5. The predicted octanol–water partition coefficient (Wildman–Crippen LogP) is 2.84. The van der Waals surface area contributed by atoms with Gasteiger partial charge in [0.15, 0.2) is 11.4 Å². The molecule has 7 nitrogen and oxygen atoms in total. The van der Waals surface area contributed by atoms with Crippen molar-refractivity contribution in [3.05, 3.63) is 42.2 Å². The van der Waals surface area contributed by atoms with Gasteiger partial charge in [-0.15, -0.1) is 0 Å². The predicted molar refractivity (Wildman–Crippen MR) is 115 cm³/mol. The number of rotatable bonds is 5. The fourth-order valence-corrected chi connectivity index (χ4v) is 4.64. The van der Waals surface area contributed by atoms with Gasteiger partial charge in [-0.2, -0.15) is 5.10 Å². The van der Waals surface area contributed by atoms with E-state index >= 15 is 0 Å². The van der Waals surface area contributed by atoms with E-state index in [0.717, 1.165) is 51.3 Å². The highest BCUT2D eigenvalue weighted by Gasteiger charge is 2.30. The van der Waals surface area contributed by atoms with Crippen LogP contribution in [0.3, 0.4) is 0 Å². The molecule has 2 unspecified atom stereocenters. The minimum absolute atomic E-state index is 0.0476. The minimum Gasteiger partial charge on any atom is -0.493 e. The van der Waals surface area contributed by atoms with E-state index in [-0.39, 0.29) is 5.91 Å². The molecule has 1 amide bonds. The van der Waals surface area contributed by atoms with E-state index in [0.29, 0.717) is 29.6 Å². The topological polar surface area (TPSA) is 59.8 Å².